The van der Waals surface area contributed by atoms with E-state index in [4.69, 9.17) is 4.74 Å². The maximum Gasteiger partial charge on any atom is 0.416 e. The van der Waals surface area contributed by atoms with Gasteiger partial charge in [0.05, 0.1) is 15.4 Å². The third kappa shape index (κ3) is 3.16. The van der Waals surface area contributed by atoms with Crippen LogP contribution in [-0.4, -0.2) is 11.0 Å². The van der Waals surface area contributed by atoms with Crippen molar-refractivity contribution in [2.45, 2.75) is 20.0 Å². The molecule has 0 saturated carbocycles. The van der Waals surface area contributed by atoms with E-state index in [-0.39, 0.29) is 5.88 Å². The average Bonchev–Trinajstić information content (AvgIpc) is 2.68. The van der Waals surface area contributed by atoms with Gasteiger partial charge >= 0.3 is 12.1 Å². The van der Waals surface area contributed by atoms with Crippen molar-refractivity contribution in [3.8, 4) is 16.3 Å². The molecule has 0 aliphatic heterocycles. The summed E-state index contributed by atoms with van der Waals surface area (Å²) >= 11 is 1.17. The molecule has 0 saturated heterocycles. The Kier molecular flexibility index (Phi) is 3.80. The van der Waals surface area contributed by atoms with E-state index in [0.29, 0.717) is 15.4 Å². The predicted molar refractivity (Wildman–Crippen MR) is 68.6 cm³/mol. The number of esters is 1. The van der Waals surface area contributed by atoms with Crippen molar-refractivity contribution < 1.29 is 22.7 Å². The highest BCUT2D eigenvalue weighted by Crippen LogP contribution is 2.38. The number of halogens is 3. The second-order valence-corrected chi connectivity index (χ2v) is 5.24. The highest BCUT2D eigenvalue weighted by Gasteiger charge is 2.31. The van der Waals surface area contributed by atoms with Crippen LogP contribution in [0, 0.1) is 6.92 Å². The SMILES string of the molecule is CC(=O)Oc1nc(C)sc1-c1cccc(C(F)(F)F)c1. The molecule has 0 radical (unpaired) electrons. The largest absolute Gasteiger partial charge is 0.416 e. The Labute approximate surface area is 117 Å². The number of ether oxygens (including phenoxy) is 1. The van der Waals surface area contributed by atoms with E-state index in [1.807, 2.05) is 0 Å². The summed E-state index contributed by atoms with van der Waals surface area (Å²) in [4.78, 5) is 15.4. The quantitative estimate of drug-likeness (QED) is 0.785. The molecular weight excluding hydrogens is 291 g/mol. The molecule has 0 aliphatic carbocycles. The maximum atomic E-state index is 12.7. The highest BCUT2D eigenvalue weighted by atomic mass is 32.1. The Morgan fingerprint density at radius 3 is 2.65 bits per heavy atom. The lowest BCUT2D eigenvalue weighted by molar-refractivity contribution is -0.137. The van der Waals surface area contributed by atoms with Crippen LogP contribution in [0.15, 0.2) is 24.3 Å². The van der Waals surface area contributed by atoms with Crippen LogP contribution in [0.4, 0.5) is 13.2 Å². The number of hydrogen-bond donors (Lipinski definition) is 0. The minimum absolute atomic E-state index is 0.0410. The third-order valence-electron chi connectivity index (χ3n) is 2.40. The first-order chi connectivity index (χ1) is 9.27. The number of hydrogen-bond acceptors (Lipinski definition) is 4. The molecule has 0 fully saturated rings. The number of benzene rings is 1. The molecule has 0 atom stereocenters. The second-order valence-electron chi connectivity index (χ2n) is 4.04. The number of thiazole rings is 1. The standard InChI is InChI=1S/C13H10F3NO2S/c1-7-17-12(19-8(2)18)11(20-7)9-4-3-5-10(6-9)13(14,15)16/h3-6H,1-2H3. The van der Waals surface area contributed by atoms with Crippen molar-refractivity contribution in [3.63, 3.8) is 0 Å². The van der Waals surface area contributed by atoms with Gasteiger partial charge in [-0.2, -0.15) is 13.2 Å². The zero-order chi connectivity index (χ0) is 14.9. The van der Waals surface area contributed by atoms with Gasteiger partial charge in [0.1, 0.15) is 0 Å². The van der Waals surface area contributed by atoms with E-state index in [1.54, 1.807) is 6.92 Å². The number of rotatable bonds is 2. The zero-order valence-electron chi connectivity index (χ0n) is 10.6. The molecule has 0 unspecified atom stereocenters. The van der Waals surface area contributed by atoms with Gasteiger partial charge in [-0.15, -0.1) is 11.3 Å². The van der Waals surface area contributed by atoms with E-state index in [9.17, 15) is 18.0 Å². The fourth-order valence-corrected chi connectivity index (χ4v) is 2.48. The molecule has 0 bridgehead atoms. The summed E-state index contributed by atoms with van der Waals surface area (Å²) in [5, 5.41) is 0.605. The van der Waals surface area contributed by atoms with Crippen molar-refractivity contribution in [1.29, 1.82) is 0 Å². The van der Waals surface area contributed by atoms with E-state index < -0.39 is 17.7 Å². The van der Waals surface area contributed by atoms with Gasteiger partial charge in [-0.05, 0) is 24.6 Å². The fourth-order valence-electron chi connectivity index (χ4n) is 1.63. The topological polar surface area (TPSA) is 39.2 Å². The van der Waals surface area contributed by atoms with E-state index in [1.165, 1.54) is 30.4 Å². The molecule has 1 aromatic heterocycles. The number of nitrogens with zero attached hydrogens (tertiary/aromatic N) is 1. The van der Waals surface area contributed by atoms with Crippen LogP contribution < -0.4 is 4.74 Å². The summed E-state index contributed by atoms with van der Waals surface area (Å²) < 4.78 is 43.0. The van der Waals surface area contributed by atoms with Gasteiger partial charge in [0.25, 0.3) is 0 Å². The molecule has 2 aromatic rings. The molecule has 2 rings (SSSR count). The highest BCUT2D eigenvalue weighted by molar-refractivity contribution is 7.15. The van der Waals surface area contributed by atoms with Crippen molar-refractivity contribution in [3.05, 3.63) is 34.8 Å². The summed E-state index contributed by atoms with van der Waals surface area (Å²) in [7, 11) is 0. The molecule has 0 aliphatic rings. The van der Waals surface area contributed by atoms with Gasteiger partial charge in [0.2, 0.25) is 5.88 Å². The molecule has 0 amide bonds. The van der Waals surface area contributed by atoms with Crippen LogP contribution in [0.2, 0.25) is 0 Å². The van der Waals surface area contributed by atoms with Gasteiger partial charge in [-0.25, -0.2) is 4.98 Å². The van der Waals surface area contributed by atoms with Gasteiger partial charge in [0.15, 0.2) is 0 Å². The summed E-state index contributed by atoms with van der Waals surface area (Å²) in [6.07, 6.45) is -4.42. The lowest BCUT2D eigenvalue weighted by Gasteiger charge is -2.08. The van der Waals surface area contributed by atoms with Crippen molar-refractivity contribution in [2.24, 2.45) is 0 Å². The van der Waals surface area contributed by atoms with Crippen LogP contribution in [-0.2, 0) is 11.0 Å². The molecule has 3 nitrogen and oxygen atoms in total. The zero-order valence-corrected chi connectivity index (χ0v) is 11.4. The van der Waals surface area contributed by atoms with Crippen molar-refractivity contribution in [2.75, 3.05) is 0 Å². The normalized spacial score (nSPS) is 11.4. The molecule has 0 N–H and O–H groups in total. The maximum absolute atomic E-state index is 12.7. The van der Waals surface area contributed by atoms with Crippen LogP contribution in [0.25, 0.3) is 10.4 Å². The molecule has 7 heteroatoms. The number of carbonyl (C=O) groups is 1. The van der Waals surface area contributed by atoms with E-state index >= 15 is 0 Å². The van der Waals surface area contributed by atoms with Crippen LogP contribution in [0.3, 0.4) is 0 Å². The Hall–Kier alpha value is -1.89. The smallest absolute Gasteiger partial charge is 0.406 e. The van der Waals surface area contributed by atoms with Crippen LogP contribution >= 0.6 is 11.3 Å². The fraction of sp³-hybridized carbons (Fsp3) is 0.231. The number of carbonyl (C=O) groups excluding carboxylic acids is 1. The molecular formula is C13H10F3NO2S. The lowest BCUT2D eigenvalue weighted by Crippen LogP contribution is -2.05. The molecule has 106 valence electrons. The number of alkyl halides is 3. The Morgan fingerprint density at radius 1 is 1.35 bits per heavy atom. The van der Waals surface area contributed by atoms with E-state index in [0.717, 1.165) is 12.1 Å². The monoisotopic (exact) mass is 301 g/mol. The van der Waals surface area contributed by atoms with Crippen molar-refractivity contribution in [1.82, 2.24) is 4.98 Å². The molecule has 1 aromatic carbocycles. The summed E-state index contributed by atoms with van der Waals surface area (Å²) in [5.74, 6) is -0.525. The van der Waals surface area contributed by atoms with E-state index in [2.05, 4.69) is 4.98 Å². The first-order valence-electron chi connectivity index (χ1n) is 5.61. The summed E-state index contributed by atoms with van der Waals surface area (Å²) in [6.45, 7) is 2.90. The molecule has 0 spiro atoms. The van der Waals surface area contributed by atoms with Crippen LogP contribution in [0.5, 0.6) is 5.88 Å². The predicted octanol–water partition coefficient (Wildman–Crippen LogP) is 4.06. The minimum atomic E-state index is -4.42. The van der Waals surface area contributed by atoms with Gasteiger partial charge < -0.3 is 4.74 Å². The van der Waals surface area contributed by atoms with Crippen molar-refractivity contribution >= 4 is 17.3 Å². The molecule has 1 heterocycles. The summed E-state index contributed by atoms with van der Waals surface area (Å²) in [6, 6.07) is 4.84. The average molecular weight is 301 g/mol. The number of aromatic nitrogens is 1. The molecule has 20 heavy (non-hydrogen) atoms. The first-order valence-corrected chi connectivity index (χ1v) is 6.42. The minimum Gasteiger partial charge on any atom is -0.406 e. The Bertz CT molecular complexity index is 649. The van der Waals surface area contributed by atoms with Crippen LogP contribution in [0.1, 0.15) is 17.5 Å². The Balaban J connectivity index is 2.49. The second kappa shape index (κ2) is 5.24. The van der Waals surface area contributed by atoms with Gasteiger partial charge in [-0.3, -0.25) is 4.79 Å². The number of aryl methyl sites for hydroxylation is 1. The van der Waals surface area contributed by atoms with Gasteiger partial charge in [0, 0.05) is 6.92 Å². The lowest BCUT2D eigenvalue weighted by atomic mass is 10.1. The van der Waals surface area contributed by atoms with Gasteiger partial charge in [-0.1, -0.05) is 12.1 Å². The Morgan fingerprint density at radius 2 is 2.05 bits per heavy atom. The first kappa shape index (κ1) is 14.5. The summed E-state index contributed by atoms with van der Waals surface area (Å²) in [5.41, 5.74) is -0.434. The third-order valence-corrected chi connectivity index (χ3v) is 3.40.